The van der Waals surface area contributed by atoms with Crippen molar-refractivity contribution in [1.29, 1.82) is 0 Å². The number of hydrogen-bond donors (Lipinski definition) is 1. The molecule has 0 saturated carbocycles. The maximum Gasteiger partial charge on any atom is 0.161 e. The molecule has 0 aliphatic rings. The number of aliphatic hydroxyl groups excluding tert-OH is 1. The van der Waals surface area contributed by atoms with Gasteiger partial charge in [0.2, 0.25) is 0 Å². The molecule has 2 heteroatoms. The Kier molecular flexibility index (Phi) is 6.87. The van der Waals surface area contributed by atoms with Crippen LogP contribution >= 0.6 is 0 Å². The van der Waals surface area contributed by atoms with E-state index >= 15 is 0 Å². The van der Waals surface area contributed by atoms with E-state index in [2.05, 4.69) is 6.92 Å². The molecule has 0 aliphatic heterocycles. The molecule has 0 heterocycles. The first-order valence-corrected chi connectivity index (χ1v) is 5.38. The minimum Gasteiger partial charge on any atom is -0.385 e. The molecule has 0 aliphatic carbocycles. The normalized spacial score (nSPS) is 15.4. The van der Waals surface area contributed by atoms with Gasteiger partial charge < -0.3 is 5.11 Å². The average molecular weight is 186 g/mol. The van der Waals surface area contributed by atoms with Crippen LogP contribution in [0.1, 0.15) is 52.9 Å². The van der Waals surface area contributed by atoms with Crippen LogP contribution in [-0.2, 0) is 4.79 Å². The van der Waals surface area contributed by atoms with Crippen LogP contribution in [0.15, 0.2) is 0 Å². The third-order valence-corrected chi connectivity index (χ3v) is 2.58. The molecule has 0 aromatic rings. The van der Waals surface area contributed by atoms with E-state index in [1.54, 1.807) is 6.92 Å². The predicted octanol–water partition coefficient (Wildman–Crippen LogP) is 2.54. The lowest BCUT2D eigenvalue weighted by Gasteiger charge is -2.19. The van der Waals surface area contributed by atoms with Crippen molar-refractivity contribution >= 4 is 5.78 Å². The van der Waals surface area contributed by atoms with Crippen LogP contribution in [0.2, 0.25) is 0 Å². The number of rotatable bonds is 7. The summed E-state index contributed by atoms with van der Waals surface area (Å²) in [4.78, 5) is 11.2. The van der Waals surface area contributed by atoms with Crippen LogP contribution in [0.3, 0.4) is 0 Å². The smallest absolute Gasteiger partial charge is 0.161 e. The molecule has 0 fully saturated rings. The molecule has 78 valence electrons. The number of unbranched alkanes of at least 4 members (excludes halogenated alkanes) is 1. The minimum atomic E-state index is -0.721. The number of Topliss-reactive ketones (excluding diaryl/α,β-unsaturated/α-hetero) is 1. The van der Waals surface area contributed by atoms with E-state index in [1.807, 2.05) is 6.92 Å². The van der Waals surface area contributed by atoms with E-state index in [1.165, 1.54) is 0 Å². The lowest BCUT2D eigenvalue weighted by molar-refractivity contribution is -0.129. The van der Waals surface area contributed by atoms with Gasteiger partial charge in [-0.15, -0.1) is 0 Å². The molecule has 2 unspecified atom stereocenters. The Morgan fingerprint density at radius 3 is 2.31 bits per heavy atom. The molecule has 2 atom stereocenters. The highest BCUT2D eigenvalue weighted by Gasteiger charge is 2.22. The zero-order chi connectivity index (χ0) is 10.3. The average Bonchev–Trinajstić information content (AvgIpc) is 2.17. The first-order chi connectivity index (χ1) is 6.17. The maximum atomic E-state index is 11.2. The fraction of sp³-hybridized carbons (Fsp3) is 0.909. The fourth-order valence-corrected chi connectivity index (χ4v) is 1.52. The van der Waals surface area contributed by atoms with Crippen molar-refractivity contribution in [2.75, 3.05) is 0 Å². The Labute approximate surface area is 81.3 Å². The predicted molar refractivity (Wildman–Crippen MR) is 54.6 cm³/mol. The third-order valence-electron chi connectivity index (χ3n) is 2.58. The van der Waals surface area contributed by atoms with Gasteiger partial charge in [-0.3, -0.25) is 4.79 Å². The van der Waals surface area contributed by atoms with Gasteiger partial charge in [-0.1, -0.05) is 40.0 Å². The van der Waals surface area contributed by atoms with Gasteiger partial charge in [0.25, 0.3) is 0 Å². The van der Waals surface area contributed by atoms with Crippen LogP contribution < -0.4 is 0 Å². The Bertz CT molecular complexity index is 143. The highest BCUT2D eigenvalue weighted by molar-refractivity contribution is 5.82. The van der Waals surface area contributed by atoms with Crippen molar-refractivity contribution in [2.45, 2.75) is 59.0 Å². The summed E-state index contributed by atoms with van der Waals surface area (Å²) < 4.78 is 0. The summed E-state index contributed by atoms with van der Waals surface area (Å²) in [5.74, 6) is 0.162. The summed E-state index contributed by atoms with van der Waals surface area (Å²) in [6, 6.07) is 0. The highest BCUT2D eigenvalue weighted by atomic mass is 16.3. The van der Waals surface area contributed by atoms with Crippen molar-refractivity contribution in [3.05, 3.63) is 0 Å². The van der Waals surface area contributed by atoms with Gasteiger partial charge in [0, 0.05) is 6.42 Å². The summed E-state index contributed by atoms with van der Waals surface area (Å²) in [6.45, 7) is 5.96. The van der Waals surface area contributed by atoms with Crippen molar-refractivity contribution in [2.24, 2.45) is 5.92 Å². The Hall–Kier alpha value is -0.370. The summed E-state index contributed by atoms with van der Waals surface area (Å²) in [6.07, 6.45) is 3.83. The Morgan fingerprint density at radius 2 is 1.92 bits per heavy atom. The van der Waals surface area contributed by atoms with E-state index in [-0.39, 0.29) is 11.7 Å². The van der Waals surface area contributed by atoms with Crippen LogP contribution in [0.5, 0.6) is 0 Å². The molecular weight excluding hydrogens is 164 g/mol. The van der Waals surface area contributed by atoms with E-state index in [0.717, 1.165) is 25.7 Å². The molecule has 0 bridgehead atoms. The molecular formula is C11H22O2. The quantitative estimate of drug-likeness (QED) is 0.663. The lowest BCUT2D eigenvalue weighted by atomic mass is 9.90. The largest absolute Gasteiger partial charge is 0.385 e. The number of carbonyl (C=O) groups excluding carboxylic acids is 1. The Balaban J connectivity index is 3.98. The van der Waals surface area contributed by atoms with Crippen molar-refractivity contribution in [3.8, 4) is 0 Å². The maximum absolute atomic E-state index is 11.2. The number of ketones is 1. The van der Waals surface area contributed by atoms with E-state index in [0.29, 0.717) is 6.42 Å². The van der Waals surface area contributed by atoms with Crippen molar-refractivity contribution in [3.63, 3.8) is 0 Å². The monoisotopic (exact) mass is 186 g/mol. The number of carbonyl (C=O) groups is 1. The third kappa shape index (κ3) is 4.41. The molecule has 0 radical (unpaired) electrons. The van der Waals surface area contributed by atoms with E-state index < -0.39 is 6.10 Å². The highest BCUT2D eigenvalue weighted by Crippen LogP contribution is 2.18. The lowest BCUT2D eigenvalue weighted by Crippen LogP contribution is -2.28. The van der Waals surface area contributed by atoms with Gasteiger partial charge in [-0.25, -0.2) is 0 Å². The topological polar surface area (TPSA) is 37.3 Å². The summed E-state index contributed by atoms with van der Waals surface area (Å²) in [7, 11) is 0. The molecule has 13 heavy (non-hydrogen) atoms. The van der Waals surface area contributed by atoms with Gasteiger partial charge in [-0.2, -0.15) is 0 Å². The van der Waals surface area contributed by atoms with Gasteiger partial charge in [0.15, 0.2) is 5.78 Å². The zero-order valence-corrected chi connectivity index (χ0v) is 9.05. The van der Waals surface area contributed by atoms with Crippen molar-refractivity contribution in [1.82, 2.24) is 0 Å². The minimum absolute atomic E-state index is 0.0112. The molecule has 0 aromatic heterocycles. The second-order valence-electron chi connectivity index (χ2n) is 3.58. The van der Waals surface area contributed by atoms with Crippen molar-refractivity contribution < 1.29 is 9.90 Å². The van der Waals surface area contributed by atoms with Crippen LogP contribution in [-0.4, -0.2) is 17.0 Å². The fourth-order valence-electron chi connectivity index (χ4n) is 1.52. The molecule has 1 N–H and O–H groups in total. The molecule has 0 amide bonds. The standard InChI is InChI=1S/C11H22O2/c1-4-7-8-9(5-2)11(13)10(12)6-3/h9,11,13H,4-8H2,1-3H3. The SMILES string of the molecule is CCCCC(CC)C(O)C(=O)CC. The van der Waals surface area contributed by atoms with Crippen LogP contribution in [0, 0.1) is 5.92 Å². The Morgan fingerprint density at radius 1 is 1.31 bits per heavy atom. The number of hydrogen-bond acceptors (Lipinski definition) is 2. The summed E-state index contributed by atoms with van der Waals surface area (Å²) in [5, 5.41) is 9.65. The zero-order valence-electron chi connectivity index (χ0n) is 9.05. The first-order valence-electron chi connectivity index (χ1n) is 5.38. The first kappa shape index (κ1) is 12.6. The van der Waals surface area contributed by atoms with E-state index in [4.69, 9.17) is 0 Å². The summed E-state index contributed by atoms with van der Waals surface area (Å²) >= 11 is 0. The van der Waals surface area contributed by atoms with Crippen LogP contribution in [0.25, 0.3) is 0 Å². The van der Waals surface area contributed by atoms with Gasteiger partial charge in [0.05, 0.1) is 0 Å². The second kappa shape index (κ2) is 7.07. The van der Waals surface area contributed by atoms with Gasteiger partial charge in [-0.05, 0) is 12.3 Å². The molecule has 0 saturated heterocycles. The molecule has 0 aromatic carbocycles. The van der Waals surface area contributed by atoms with Crippen LogP contribution in [0.4, 0.5) is 0 Å². The number of aliphatic hydroxyl groups is 1. The summed E-state index contributed by atoms with van der Waals surface area (Å²) in [5.41, 5.74) is 0. The van der Waals surface area contributed by atoms with Gasteiger partial charge >= 0.3 is 0 Å². The molecule has 0 rings (SSSR count). The molecule has 0 spiro atoms. The molecule has 2 nitrogen and oxygen atoms in total. The second-order valence-corrected chi connectivity index (χ2v) is 3.58. The van der Waals surface area contributed by atoms with E-state index in [9.17, 15) is 9.90 Å². The van der Waals surface area contributed by atoms with Gasteiger partial charge in [0.1, 0.15) is 6.10 Å².